The molecule has 1 fully saturated rings. The van der Waals surface area contributed by atoms with Crippen LogP contribution in [0.25, 0.3) is 0 Å². The van der Waals surface area contributed by atoms with Gasteiger partial charge in [-0.15, -0.1) is 0 Å². The third kappa shape index (κ3) is 1.91. The standard InChI is InChI=1S/C7H14N2O2/c8-3-5-4-9-2-1-6(5)7(10)11/h5-6,9H,1-4,8H2,(H,10,11). The Morgan fingerprint density at radius 2 is 2.45 bits per heavy atom. The lowest BCUT2D eigenvalue weighted by atomic mass is 9.87. The van der Waals surface area contributed by atoms with Crippen LogP contribution in [0.5, 0.6) is 0 Å². The predicted molar refractivity (Wildman–Crippen MR) is 41.2 cm³/mol. The van der Waals surface area contributed by atoms with Crippen LogP contribution in [0.4, 0.5) is 0 Å². The molecule has 1 aliphatic rings. The SMILES string of the molecule is NCC1CNCCC1C(=O)O. The van der Waals surface area contributed by atoms with Gasteiger partial charge >= 0.3 is 5.97 Å². The number of aliphatic carboxylic acids is 1. The van der Waals surface area contributed by atoms with Gasteiger partial charge < -0.3 is 16.2 Å². The highest BCUT2D eigenvalue weighted by Gasteiger charge is 2.29. The summed E-state index contributed by atoms with van der Waals surface area (Å²) in [6, 6.07) is 0. The smallest absolute Gasteiger partial charge is 0.306 e. The van der Waals surface area contributed by atoms with Crippen LogP contribution in [0.2, 0.25) is 0 Å². The Morgan fingerprint density at radius 1 is 1.73 bits per heavy atom. The number of rotatable bonds is 2. The van der Waals surface area contributed by atoms with Crippen molar-refractivity contribution in [1.29, 1.82) is 0 Å². The molecule has 0 aromatic rings. The molecule has 0 amide bonds. The molecule has 4 heteroatoms. The van der Waals surface area contributed by atoms with Gasteiger partial charge in [0.05, 0.1) is 5.92 Å². The Balaban J connectivity index is 2.51. The Labute approximate surface area is 65.8 Å². The molecule has 4 nitrogen and oxygen atoms in total. The van der Waals surface area contributed by atoms with Crippen molar-refractivity contribution in [2.75, 3.05) is 19.6 Å². The van der Waals surface area contributed by atoms with E-state index in [1.54, 1.807) is 0 Å². The van der Waals surface area contributed by atoms with Crippen LogP contribution in [0.1, 0.15) is 6.42 Å². The number of hydrogen-bond donors (Lipinski definition) is 3. The van der Waals surface area contributed by atoms with Gasteiger partial charge in [-0.25, -0.2) is 0 Å². The van der Waals surface area contributed by atoms with Gasteiger partial charge in [0.1, 0.15) is 0 Å². The summed E-state index contributed by atoms with van der Waals surface area (Å²) in [5.74, 6) is -0.829. The molecule has 1 saturated heterocycles. The van der Waals surface area contributed by atoms with Crippen molar-refractivity contribution in [3.05, 3.63) is 0 Å². The monoisotopic (exact) mass is 158 g/mol. The molecule has 0 bridgehead atoms. The lowest BCUT2D eigenvalue weighted by Gasteiger charge is -2.27. The van der Waals surface area contributed by atoms with Gasteiger partial charge in [0, 0.05) is 0 Å². The summed E-state index contributed by atoms with van der Waals surface area (Å²) in [6.07, 6.45) is 0.706. The Hall–Kier alpha value is -0.610. The molecule has 0 spiro atoms. The quantitative estimate of drug-likeness (QED) is 0.494. The zero-order chi connectivity index (χ0) is 8.27. The van der Waals surface area contributed by atoms with E-state index in [1.165, 1.54) is 0 Å². The van der Waals surface area contributed by atoms with Gasteiger partial charge in [-0.1, -0.05) is 0 Å². The largest absolute Gasteiger partial charge is 0.481 e. The maximum atomic E-state index is 10.6. The number of nitrogens with one attached hydrogen (secondary N) is 1. The minimum Gasteiger partial charge on any atom is -0.481 e. The normalized spacial score (nSPS) is 31.7. The maximum Gasteiger partial charge on any atom is 0.306 e. The average molecular weight is 158 g/mol. The van der Waals surface area contributed by atoms with E-state index in [-0.39, 0.29) is 11.8 Å². The van der Waals surface area contributed by atoms with E-state index < -0.39 is 5.97 Å². The van der Waals surface area contributed by atoms with Crippen molar-refractivity contribution in [1.82, 2.24) is 5.32 Å². The highest BCUT2D eigenvalue weighted by atomic mass is 16.4. The van der Waals surface area contributed by atoms with E-state index in [1.807, 2.05) is 0 Å². The van der Waals surface area contributed by atoms with Gasteiger partial charge in [0.15, 0.2) is 0 Å². The van der Waals surface area contributed by atoms with Crippen molar-refractivity contribution >= 4 is 5.97 Å². The molecule has 11 heavy (non-hydrogen) atoms. The summed E-state index contributed by atoms with van der Waals surface area (Å²) < 4.78 is 0. The van der Waals surface area contributed by atoms with E-state index in [4.69, 9.17) is 10.8 Å². The van der Waals surface area contributed by atoms with Crippen LogP contribution >= 0.6 is 0 Å². The molecule has 0 aromatic heterocycles. The summed E-state index contributed by atoms with van der Waals surface area (Å²) in [7, 11) is 0. The number of hydrogen-bond acceptors (Lipinski definition) is 3. The molecule has 0 aliphatic carbocycles. The van der Waals surface area contributed by atoms with E-state index in [0.29, 0.717) is 13.0 Å². The third-order valence-electron chi connectivity index (χ3n) is 2.23. The molecule has 0 aromatic carbocycles. The lowest BCUT2D eigenvalue weighted by Crippen LogP contribution is -2.43. The molecule has 0 saturated carbocycles. The summed E-state index contributed by atoms with van der Waals surface area (Å²) in [4.78, 5) is 10.6. The number of nitrogens with two attached hydrogens (primary N) is 1. The van der Waals surface area contributed by atoms with Crippen LogP contribution in [-0.4, -0.2) is 30.7 Å². The number of carboxylic acids is 1. The zero-order valence-electron chi connectivity index (χ0n) is 6.42. The van der Waals surface area contributed by atoms with Gasteiger partial charge in [0.25, 0.3) is 0 Å². The van der Waals surface area contributed by atoms with Crippen molar-refractivity contribution in [3.8, 4) is 0 Å². The van der Waals surface area contributed by atoms with Gasteiger partial charge in [-0.05, 0) is 32.0 Å². The zero-order valence-corrected chi connectivity index (χ0v) is 6.42. The summed E-state index contributed by atoms with van der Waals surface area (Å²) in [5, 5.41) is 11.9. The first-order valence-corrected chi connectivity index (χ1v) is 3.89. The highest BCUT2D eigenvalue weighted by Crippen LogP contribution is 2.17. The van der Waals surface area contributed by atoms with Gasteiger partial charge in [-0.2, -0.15) is 0 Å². The van der Waals surface area contributed by atoms with E-state index in [0.717, 1.165) is 13.1 Å². The minimum atomic E-state index is -0.707. The van der Waals surface area contributed by atoms with E-state index >= 15 is 0 Å². The van der Waals surface area contributed by atoms with Crippen molar-refractivity contribution < 1.29 is 9.90 Å². The molecule has 1 rings (SSSR count). The van der Waals surface area contributed by atoms with Crippen LogP contribution < -0.4 is 11.1 Å². The Kier molecular flexibility index (Phi) is 2.84. The van der Waals surface area contributed by atoms with Gasteiger partial charge in [0.2, 0.25) is 0 Å². The first-order chi connectivity index (χ1) is 5.25. The van der Waals surface area contributed by atoms with E-state index in [2.05, 4.69) is 5.32 Å². The lowest BCUT2D eigenvalue weighted by molar-refractivity contribution is -0.144. The third-order valence-corrected chi connectivity index (χ3v) is 2.23. The molecule has 4 N–H and O–H groups in total. The average Bonchev–Trinajstić information content (AvgIpc) is 2.04. The highest BCUT2D eigenvalue weighted by molar-refractivity contribution is 5.70. The van der Waals surface area contributed by atoms with Gasteiger partial charge in [-0.3, -0.25) is 4.79 Å². The Bertz CT molecular complexity index is 149. The number of piperidine rings is 1. The van der Waals surface area contributed by atoms with Crippen LogP contribution in [0.15, 0.2) is 0 Å². The van der Waals surface area contributed by atoms with Crippen LogP contribution in [0, 0.1) is 11.8 Å². The first kappa shape index (κ1) is 8.49. The fourth-order valence-electron chi connectivity index (χ4n) is 1.50. The molecule has 1 heterocycles. The van der Waals surface area contributed by atoms with Crippen molar-refractivity contribution in [2.24, 2.45) is 17.6 Å². The van der Waals surface area contributed by atoms with Crippen molar-refractivity contribution in [2.45, 2.75) is 6.42 Å². The summed E-state index contributed by atoms with van der Waals surface area (Å²) >= 11 is 0. The summed E-state index contributed by atoms with van der Waals surface area (Å²) in [5.41, 5.74) is 5.43. The molecular formula is C7H14N2O2. The second-order valence-electron chi connectivity index (χ2n) is 2.93. The number of carbonyl (C=O) groups is 1. The first-order valence-electron chi connectivity index (χ1n) is 3.89. The topological polar surface area (TPSA) is 75.3 Å². The molecular weight excluding hydrogens is 144 g/mol. The predicted octanol–water partition coefficient (Wildman–Crippen LogP) is -0.745. The molecule has 0 radical (unpaired) electrons. The van der Waals surface area contributed by atoms with Crippen LogP contribution in [-0.2, 0) is 4.79 Å². The molecule has 1 aliphatic heterocycles. The van der Waals surface area contributed by atoms with E-state index in [9.17, 15) is 4.79 Å². The van der Waals surface area contributed by atoms with Crippen molar-refractivity contribution in [3.63, 3.8) is 0 Å². The molecule has 64 valence electrons. The number of carboxylic acid groups (broad SMARTS) is 1. The molecule has 2 unspecified atom stereocenters. The second-order valence-corrected chi connectivity index (χ2v) is 2.93. The fraction of sp³-hybridized carbons (Fsp3) is 0.857. The van der Waals surface area contributed by atoms with Crippen LogP contribution in [0.3, 0.4) is 0 Å². The summed E-state index contributed by atoms with van der Waals surface area (Å²) in [6.45, 7) is 2.00. The maximum absolute atomic E-state index is 10.6. The second kappa shape index (κ2) is 3.69. The molecule has 2 atom stereocenters. The fourth-order valence-corrected chi connectivity index (χ4v) is 1.50. The minimum absolute atomic E-state index is 0.112. The Morgan fingerprint density at radius 3 is 2.91 bits per heavy atom.